The van der Waals surface area contributed by atoms with Crippen LogP contribution < -0.4 is 0 Å². The highest BCUT2D eigenvalue weighted by Gasteiger charge is 1.57. The fourth-order valence-corrected chi connectivity index (χ4v) is 0. The van der Waals surface area contributed by atoms with E-state index in [9.17, 15) is 0 Å². The third-order valence-corrected chi connectivity index (χ3v) is 0.224. The number of halogens is 2. The molecule has 66 valence electrons. The van der Waals surface area contributed by atoms with Crippen LogP contribution in [0.1, 0.15) is 20.3 Å². The molecule has 0 aromatic rings. The van der Waals surface area contributed by atoms with Crippen molar-refractivity contribution < 1.29 is 10.2 Å². The van der Waals surface area contributed by atoms with E-state index in [2.05, 4.69) is 0 Å². The number of alkyl halides is 2. The van der Waals surface area contributed by atoms with Gasteiger partial charge in [0.1, 0.15) is 0 Å². The van der Waals surface area contributed by atoms with Crippen molar-refractivity contribution in [3.63, 3.8) is 0 Å². The summed E-state index contributed by atoms with van der Waals surface area (Å²) in [5.41, 5.74) is 0. The summed E-state index contributed by atoms with van der Waals surface area (Å²) in [5.74, 6) is 0. The van der Waals surface area contributed by atoms with E-state index in [1.807, 2.05) is 6.92 Å². The molecule has 0 amide bonds. The Morgan fingerprint density at radius 1 is 1.10 bits per heavy atom. The Hall–Kier alpha value is 0.500. The van der Waals surface area contributed by atoms with Crippen LogP contribution >= 0.6 is 23.2 Å². The molecule has 0 aromatic carbocycles. The first-order valence-electron chi connectivity index (χ1n) is 3.08. The summed E-state index contributed by atoms with van der Waals surface area (Å²) in [6.45, 7) is 4.18. The van der Waals surface area contributed by atoms with E-state index in [0.29, 0.717) is 6.61 Å². The second kappa shape index (κ2) is 33.9. The Morgan fingerprint density at radius 3 is 1.20 bits per heavy atom. The van der Waals surface area contributed by atoms with Gasteiger partial charge in [-0.05, 0) is 13.3 Å². The summed E-state index contributed by atoms with van der Waals surface area (Å²) in [5, 5.41) is 15.6. The third kappa shape index (κ3) is 212. The van der Waals surface area contributed by atoms with Gasteiger partial charge in [0.2, 0.25) is 0 Å². The smallest absolute Gasteiger partial charge is 0.0967 e. The minimum atomic E-state index is 0.194. The van der Waals surface area contributed by atoms with E-state index in [1.54, 1.807) is 6.92 Å². The maximum atomic E-state index is 7.88. The van der Waals surface area contributed by atoms with E-state index < -0.39 is 0 Å². The van der Waals surface area contributed by atoms with Crippen molar-refractivity contribution in [1.29, 1.82) is 0 Å². The van der Waals surface area contributed by atoms with E-state index in [4.69, 9.17) is 33.4 Å². The van der Waals surface area contributed by atoms with Crippen LogP contribution in [0.5, 0.6) is 0 Å². The molecule has 0 aliphatic carbocycles. The quantitative estimate of drug-likeness (QED) is 0.620. The molecule has 10 heavy (non-hydrogen) atoms. The first kappa shape index (κ1) is 16.8. The van der Waals surface area contributed by atoms with Crippen LogP contribution in [0.3, 0.4) is 0 Å². The van der Waals surface area contributed by atoms with Crippen molar-refractivity contribution >= 4 is 23.2 Å². The van der Waals surface area contributed by atoms with Gasteiger partial charge in [-0.3, -0.25) is 0 Å². The second-order valence-corrected chi connectivity index (χ2v) is 1.95. The maximum absolute atomic E-state index is 7.88. The molecule has 0 rings (SSSR count). The van der Waals surface area contributed by atoms with Gasteiger partial charge in [0.05, 0.1) is 5.34 Å². The third-order valence-electron chi connectivity index (χ3n) is 0.224. The SMILES string of the molecule is CCCO.CCO.ClCCl. The van der Waals surface area contributed by atoms with Crippen LogP contribution in [0, 0.1) is 0 Å². The van der Waals surface area contributed by atoms with Crippen LogP contribution in [0.4, 0.5) is 0 Å². The number of aliphatic hydroxyl groups excluding tert-OH is 2. The second-order valence-electron chi connectivity index (χ2n) is 1.14. The van der Waals surface area contributed by atoms with Gasteiger partial charge in [-0.2, -0.15) is 0 Å². The van der Waals surface area contributed by atoms with Gasteiger partial charge in [0, 0.05) is 13.2 Å². The summed E-state index contributed by atoms with van der Waals surface area (Å²) in [6.07, 6.45) is 0.875. The van der Waals surface area contributed by atoms with Crippen LogP contribution in [0.25, 0.3) is 0 Å². The number of aliphatic hydroxyl groups is 2. The van der Waals surface area contributed by atoms with Gasteiger partial charge in [0.15, 0.2) is 0 Å². The molecule has 4 heteroatoms. The fourth-order valence-electron chi connectivity index (χ4n) is 0. The molecule has 0 aliphatic heterocycles. The average molecular weight is 191 g/mol. The molecule has 0 aromatic heterocycles. The van der Waals surface area contributed by atoms with Gasteiger partial charge in [-0.25, -0.2) is 0 Å². The predicted octanol–water partition coefficient (Wildman–Crippen LogP) is 1.81. The van der Waals surface area contributed by atoms with Crippen LogP contribution in [-0.2, 0) is 0 Å². The topological polar surface area (TPSA) is 40.5 Å². The lowest BCUT2D eigenvalue weighted by Crippen LogP contribution is -1.69. The molecular formula is C6H16Cl2O2. The molecule has 2 nitrogen and oxygen atoms in total. The highest BCUT2D eigenvalue weighted by molar-refractivity contribution is 6.40. The van der Waals surface area contributed by atoms with E-state index in [-0.39, 0.29) is 11.9 Å². The summed E-state index contributed by atoms with van der Waals surface area (Å²) in [6, 6.07) is 0. The molecule has 0 bridgehead atoms. The van der Waals surface area contributed by atoms with Crippen molar-refractivity contribution in [1.82, 2.24) is 0 Å². The average Bonchev–Trinajstić information content (AvgIpc) is 1.91. The van der Waals surface area contributed by atoms with Gasteiger partial charge >= 0.3 is 0 Å². The van der Waals surface area contributed by atoms with Gasteiger partial charge in [0.25, 0.3) is 0 Å². The molecule has 0 atom stereocenters. The molecule has 0 aliphatic rings. The highest BCUT2D eigenvalue weighted by Crippen LogP contribution is 1.73. The van der Waals surface area contributed by atoms with Crippen molar-refractivity contribution in [2.45, 2.75) is 20.3 Å². The van der Waals surface area contributed by atoms with Gasteiger partial charge in [-0.15, -0.1) is 23.2 Å². The van der Waals surface area contributed by atoms with E-state index >= 15 is 0 Å². The zero-order valence-corrected chi connectivity index (χ0v) is 7.99. The van der Waals surface area contributed by atoms with E-state index in [1.165, 1.54) is 0 Å². The molecule has 0 heterocycles. The van der Waals surface area contributed by atoms with Crippen LogP contribution in [-0.4, -0.2) is 28.8 Å². The lowest BCUT2D eigenvalue weighted by Gasteiger charge is -1.69. The largest absolute Gasteiger partial charge is 0.397 e. The molecular weight excluding hydrogens is 175 g/mol. The summed E-state index contributed by atoms with van der Waals surface area (Å²) < 4.78 is 0. The number of hydrogen-bond donors (Lipinski definition) is 2. The molecule has 0 spiro atoms. The molecule has 0 saturated carbocycles. The standard InChI is InChI=1S/C3H8O.C2H6O.CH2Cl2/c1-2-3-4;1-2-3;2-1-3/h4H,2-3H2,1H3;3H,2H2,1H3;1H2. The minimum Gasteiger partial charge on any atom is -0.397 e. The molecule has 0 saturated heterocycles. The zero-order chi connectivity index (χ0) is 8.83. The monoisotopic (exact) mass is 190 g/mol. The zero-order valence-electron chi connectivity index (χ0n) is 6.48. The summed E-state index contributed by atoms with van der Waals surface area (Å²) in [7, 11) is 0. The predicted molar refractivity (Wildman–Crippen MR) is 46.7 cm³/mol. The molecule has 0 radical (unpaired) electrons. The van der Waals surface area contributed by atoms with Crippen molar-refractivity contribution in [3.05, 3.63) is 0 Å². The maximum Gasteiger partial charge on any atom is 0.0967 e. The number of hydrogen-bond acceptors (Lipinski definition) is 2. The lowest BCUT2D eigenvalue weighted by atomic mass is 10.5. The van der Waals surface area contributed by atoms with Gasteiger partial charge in [-0.1, -0.05) is 6.92 Å². The Balaban J connectivity index is -0.0000000750. The Kier molecular flexibility index (Phi) is 57.1. The minimum absolute atomic E-state index is 0.194. The number of rotatable bonds is 1. The first-order chi connectivity index (χ1) is 4.74. The first-order valence-corrected chi connectivity index (χ1v) is 4.15. The van der Waals surface area contributed by atoms with Crippen LogP contribution in [0.15, 0.2) is 0 Å². The fraction of sp³-hybridized carbons (Fsp3) is 1.00. The Morgan fingerprint density at radius 2 is 1.20 bits per heavy atom. The Bertz CT molecular complexity index is 25.7. The van der Waals surface area contributed by atoms with Crippen molar-refractivity contribution in [2.24, 2.45) is 0 Å². The summed E-state index contributed by atoms with van der Waals surface area (Å²) >= 11 is 9.53. The molecule has 2 N–H and O–H groups in total. The molecule has 0 fully saturated rings. The van der Waals surface area contributed by atoms with Crippen molar-refractivity contribution in [3.8, 4) is 0 Å². The molecule has 0 unspecified atom stereocenters. The Labute approximate surface area is 72.8 Å². The van der Waals surface area contributed by atoms with Crippen molar-refractivity contribution in [2.75, 3.05) is 18.6 Å². The van der Waals surface area contributed by atoms with Gasteiger partial charge < -0.3 is 10.2 Å². The highest BCUT2D eigenvalue weighted by atomic mass is 35.5. The summed E-state index contributed by atoms with van der Waals surface area (Å²) in [4.78, 5) is 0. The lowest BCUT2D eigenvalue weighted by molar-refractivity contribution is 0.295. The van der Waals surface area contributed by atoms with Crippen LogP contribution in [0.2, 0.25) is 0 Å². The van der Waals surface area contributed by atoms with E-state index in [0.717, 1.165) is 6.42 Å². The normalized spacial score (nSPS) is 6.60.